The van der Waals surface area contributed by atoms with Gasteiger partial charge >= 0.3 is 18.8 Å². The molecule has 8 nitrogen and oxygen atoms in total. The number of hydrogen-bond acceptors (Lipinski definition) is 6. The largest absolute Gasteiger partial charge is 0.481 e. The Morgan fingerprint density at radius 1 is 1.11 bits per heavy atom. The minimum atomic E-state index is -4.68. The van der Waals surface area contributed by atoms with Crippen molar-refractivity contribution in [2.24, 2.45) is 17.3 Å². The lowest BCUT2D eigenvalue weighted by atomic mass is 9.72. The molecular formula is C31H38F5N3O5. The molecule has 0 radical (unpaired) electrons. The normalized spacial score (nSPS) is 23.2. The van der Waals surface area contributed by atoms with Gasteiger partial charge in [0.1, 0.15) is 11.8 Å². The van der Waals surface area contributed by atoms with Crippen molar-refractivity contribution in [2.45, 2.75) is 90.3 Å². The number of alkyl halides is 5. The van der Waals surface area contributed by atoms with Crippen LogP contribution < -0.4 is 14.8 Å². The Morgan fingerprint density at radius 3 is 2.34 bits per heavy atom. The molecule has 242 valence electrons. The van der Waals surface area contributed by atoms with Crippen LogP contribution in [0.25, 0.3) is 0 Å². The van der Waals surface area contributed by atoms with E-state index in [9.17, 15) is 36.6 Å². The van der Waals surface area contributed by atoms with Crippen molar-refractivity contribution >= 4 is 11.9 Å². The summed E-state index contributed by atoms with van der Waals surface area (Å²) >= 11 is 0. The van der Waals surface area contributed by atoms with Crippen LogP contribution in [-0.2, 0) is 22.3 Å². The van der Waals surface area contributed by atoms with Gasteiger partial charge < -0.3 is 24.8 Å². The topological polar surface area (TPSA) is 101 Å². The van der Waals surface area contributed by atoms with Crippen LogP contribution in [0.2, 0.25) is 0 Å². The van der Waals surface area contributed by atoms with Crippen LogP contribution in [0.5, 0.6) is 11.6 Å². The van der Waals surface area contributed by atoms with E-state index >= 15 is 0 Å². The molecule has 13 heteroatoms. The number of para-hydroxylation sites is 1. The fourth-order valence-corrected chi connectivity index (χ4v) is 6.73. The number of ether oxygens (including phenoxy) is 2. The van der Waals surface area contributed by atoms with Crippen LogP contribution in [-0.4, -0.2) is 52.7 Å². The summed E-state index contributed by atoms with van der Waals surface area (Å²) < 4.78 is 77.9. The van der Waals surface area contributed by atoms with Crippen LogP contribution in [0.3, 0.4) is 0 Å². The summed E-state index contributed by atoms with van der Waals surface area (Å²) in [5.41, 5.74) is -1.55. The maximum atomic E-state index is 14.3. The van der Waals surface area contributed by atoms with E-state index in [-0.39, 0.29) is 29.3 Å². The number of carboxylic acid groups (broad SMARTS) is 1. The first-order valence-corrected chi connectivity index (χ1v) is 14.6. The molecule has 0 spiro atoms. The van der Waals surface area contributed by atoms with E-state index in [1.165, 1.54) is 30.2 Å². The summed E-state index contributed by atoms with van der Waals surface area (Å²) in [7, 11) is 1.26. The first-order chi connectivity index (χ1) is 20.6. The number of benzene rings is 1. The van der Waals surface area contributed by atoms with Crippen LogP contribution >= 0.6 is 0 Å². The Balaban J connectivity index is 1.89. The van der Waals surface area contributed by atoms with Gasteiger partial charge in [-0.3, -0.25) is 4.79 Å². The third kappa shape index (κ3) is 7.08. The van der Waals surface area contributed by atoms with Gasteiger partial charge in [-0.2, -0.15) is 22.0 Å². The highest BCUT2D eigenvalue weighted by molar-refractivity contribution is 5.87. The Morgan fingerprint density at radius 2 is 1.77 bits per heavy atom. The number of amides is 1. The molecule has 1 saturated heterocycles. The van der Waals surface area contributed by atoms with Crippen molar-refractivity contribution < 1.29 is 46.1 Å². The van der Waals surface area contributed by atoms with Gasteiger partial charge in [-0.25, -0.2) is 9.78 Å². The van der Waals surface area contributed by atoms with E-state index in [4.69, 9.17) is 9.47 Å². The number of rotatable bonds is 9. The zero-order chi connectivity index (χ0) is 32.4. The monoisotopic (exact) mass is 627 g/mol. The van der Waals surface area contributed by atoms with Gasteiger partial charge in [0.2, 0.25) is 11.8 Å². The molecular weight excluding hydrogens is 589 g/mol. The number of halogens is 5. The van der Waals surface area contributed by atoms with E-state index in [2.05, 4.69) is 10.3 Å². The molecule has 4 atom stereocenters. The maximum Gasteiger partial charge on any atom is 0.417 e. The molecule has 0 bridgehead atoms. The number of aromatic nitrogens is 1. The van der Waals surface area contributed by atoms with Crippen molar-refractivity contribution in [1.82, 2.24) is 15.2 Å². The lowest BCUT2D eigenvalue weighted by molar-refractivity contribution is -0.154. The van der Waals surface area contributed by atoms with Crippen molar-refractivity contribution in [3.05, 3.63) is 53.2 Å². The van der Waals surface area contributed by atoms with Crippen LogP contribution in [0.15, 0.2) is 36.5 Å². The molecule has 2 aromatic rings. The third-order valence-corrected chi connectivity index (χ3v) is 8.56. The summed E-state index contributed by atoms with van der Waals surface area (Å²) in [6.07, 6.45) is -0.357. The Hall–Kier alpha value is -3.48. The molecule has 2 aliphatic rings. The molecule has 0 unspecified atom stereocenters. The number of pyridine rings is 1. The van der Waals surface area contributed by atoms with E-state index in [1.54, 1.807) is 6.07 Å². The molecule has 44 heavy (non-hydrogen) atoms. The zero-order valence-corrected chi connectivity index (χ0v) is 25.0. The predicted molar refractivity (Wildman–Crippen MR) is 150 cm³/mol. The van der Waals surface area contributed by atoms with Crippen LogP contribution in [0.1, 0.15) is 75.6 Å². The molecule has 1 amide bonds. The van der Waals surface area contributed by atoms with Gasteiger partial charge in [-0.15, -0.1) is 0 Å². The second-order valence-electron chi connectivity index (χ2n) is 12.4. The third-order valence-electron chi connectivity index (χ3n) is 8.56. The number of carbonyl (C=O) groups is 2. The number of nitrogens with zero attached hydrogens (tertiary/aromatic N) is 2. The highest BCUT2D eigenvalue weighted by atomic mass is 19.4. The SMILES string of the molecule is COc1ncc(C(F)(F)F)cc1CN[C@H]1[C@H](C(C)(C)C)[C@@H](C(=O)O)N(C(=O)C2CCCCC2)[C@H]1c1ccccc1OC(F)F. The predicted octanol–water partition coefficient (Wildman–Crippen LogP) is 6.45. The zero-order valence-electron chi connectivity index (χ0n) is 25.0. The first kappa shape index (κ1) is 33.4. The van der Waals surface area contributed by atoms with Gasteiger partial charge in [-0.1, -0.05) is 58.2 Å². The second-order valence-corrected chi connectivity index (χ2v) is 12.4. The molecule has 2 N–H and O–H groups in total. The molecule has 1 aliphatic heterocycles. The Labute approximate surface area is 252 Å². The molecule has 4 rings (SSSR count). The Bertz CT molecular complexity index is 1330. The van der Waals surface area contributed by atoms with Gasteiger partial charge in [0.05, 0.1) is 18.7 Å². The molecule has 2 fully saturated rings. The van der Waals surface area contributed by atoms with Gasteiger partial charge in [0.25, 0.3) is 0 Å². The Kier molecular flexibility index (Phi) is 10.1. The fraction of sp³-hybridized carbons (Fsp3) is 0.581. The average Bonchev–Trinajstić information content (AvgIpc) is 3.31. The van der Waals surface area contributed by atoms with Crippen LogP contribution in [0.4, 0.5) is 22.0 Å². The molecule has 1 aliphatic carbocycles. The minimum absolute atomic E-state index is 0.0507. The standard InChI is InChI=1S/C31H38F5N3O5/c1-30(2,3)22-23(37-15-18-14-19(31(34,35)36)16-38-26(18)43-4)24(20-12-8-9-13-21(20)44-29(32)33)39(25(22)28(41)42)27(40)17-10-6-5-7-11-17/h8-9,12-14,16-17,22-25,29,37H,5-7,10-11,15H2,1-4H3,(H,41,42)/t22-,23-,24-,25-/m0/s1. The number of nitrogens with one attached hydrogen (secondary N) is 1. The molecule has 1 aromatic heterocycles. The highest BCUT2D eigenvalue weighted by Crippen LogP contribution is 2.51. The minimum Gasteiger partial charge on any atom is -0.481 e. The van der Waals surface area contributed by atoms with Gasteiger partial charge in [0.15, 0.2) is 0 Å². The number of likely N-dealkylation sites (tertiary alicyclic amines) is 1. The van der Waals surface area contributed by atoms with Gasteiger partial charge in [0, 0.05) is 41.7 Å². The van der Waals surface area contributed by atoms with Gasteiger partial charge in [-0.05, 0) is 30.4 Å². The van der Waals surface area contributed by atoms with E-state index in [1.807, 2.05) is 20.8 Å². The smallest absolute Gasteiger partial charge is 0.417 e. The summed E-state index contributed by atoms with van der Waals surface area (Å²) in [6, 6.07) is 3.40. The van der Waals surface area contributed by atoms with Crippen molar-refractivity contribution in [1.29, 1.82) is 0 Å². The molecule has 2 heterocycles. The van der Waals surface area contributed by atoms with Crippen LogP contribution in [0, 0.1) is 17.3 Å². The highest BCUT2D eigenvalue weighted by Gasteiger charge is 2.59. The lowest BCUT2D eigenvalue weighted by Crippen LogP contribution is -2.49. The molecule has 1 saturated carbocycles. The lowest BCUT2D eigenvalue weighted by Gasteiger charge is -2.36. The summed E-state index contributed by atoms with van der Waals surface area (Å²) in [5.74, 6) is -3.22. The fourth-order valence-electron chi connectivity index (χ4n) is 6.73. The van der Waals surface area contributed by atoms with E-state index < -0.39 is 65.6 Å². The summed E-state index contributed by atoms with van der Waals surface area (Å²) in [6.45, 7) is 1.98. The number of aliphatic carboxylic acids is 1. The van der Waals surface area contributed by atoms with Crippen molar-refractivity contribution in [3.63, 3.8) is 0 Å². The van der Waals surface area contributed by atoms with Crippen molar-refractivity contribution in [3.8, 4) is 11.6 Å². The quantitative estimate of drug-likeness (QED) is 0.308. The first-order valence-electron chi connectivity index (χ1n) is 14.6. The van der Waals surface area contributed by atoms with E-state index in [0.717, 1.165) is 25.3 Å². The number of methoxy groups -OCH3 is 1. The summed E-state index contributed by atoms with van der Waals surface area (Å²) in [4.78, 5) is 32.4. The number of carbonyl (C=O) groups excluding carboxylic acids is 1. The van der Waals surface area contributed by atoms with E-state index in [0.29, 0.717) is 19.0 Å². The average molecular weight is 628 g/mol. The maximum absolute atomic E-state index is 14.3. The summed E-state index contributed by atoms with van der Waals surface area (Å²) in [5, 5.41) is 13.8. The molecule has 1 aromatic carbocycles. The van der Waals surface area contributed by atoms with Crippen molar-refractivity contribution in [2.75, 3.05) is 7.11 Å². The second kappa shape index (κ2) is 13.3. The number of hydrogen-bond donors (Lipinski definition) is 2. The number of carboxylic acids is 1.